The first kappa shape index (κ1) is 11.6. The van der Waals surface area contributed by atoms with E-state index in [0.717, 1.165) is 0 Å². The normalized spacial score (nSPS) is 13.4. The molecule has 0 saturated carbocycles. The average Bonchev–Trinajstić information content (AvgIpc) is 1.82. The molecule has 0 unspecified atom stereocenters. The van der Waals surface area contributed by atoms with E-state index in [9.17, 15) is 0 Å². The van der Waals surface area contributed by atoms with Gasteiger partial charge in [-0.1, -0.05) is 0 Å². The summed E-state index contributed by atoms with van der Waals surface area (Å²) in [6.07, 6.45) is 2.06. The Morgan fingerprint density at radius 3 is 2.00 bits per heavy atom. The monoisotopic (exact) mass is 188 g/mol. The van der Waals surface area contributed by atoms with Crippen LogP contribution in [0.4, 0.5) is 0 Å². The molecular weight excluding hydrogens is 168 g/mol. The lowest BCUT2D eigenvalue weighted by molar-refractivity contribution is 0.0596. The van der Waals surface area contributed by atoms with E-state index in [0.29, 0.717) is 5.95 Å². The first-order valence-corrected chi connectivity index (χ1v) is 7.78. The molecule has 0 aliphatic carbocycles. The minimum atomic E-state index is -1.50. The summed E-state index contributed by atoms with van der Waals surface area (Å²) < 4.78 is 11.1. The molecule has 12 heavy (non-hydrogen) atoms. The predicted molar refractivity (Wildman–Crippen MR) is 54.4 cm³/mol. The number of ether oxygens (including phenoxy) is 1. The molecule has 72 valence electrons. The highest BCUT2D eigenvalue weighted by Crippen LogP contribution is 2.12. The van der Waals surface area contributed by atoms with E-state index in [2.05, 4.69) is 19.6 Å². The largest absolute Gasteiger partial charge is 0.520 e. The minimum absolute atomic E-state index is 0.188. The van der Waals surface area contributed by atoms with Crippen LogP contribution in [-0.2, 0) is 9.16 Å². The SMILES string of the molecule is CC=C(OC(C)C)O[Si](C)(C)C. The van der Waals surface area contributed by atoms with E-state index in [1.807, 2.05) is 26.8 Å². The quantitative estimate of drug-likeness (QED) is 0.498. The smallest absolute Gasteiger partial charge is 0.260 e. The van der Waals surface area contributed by atoms with E-state index < -0.39 is 8.32 Å². The van der Waals surface area contributed by atoms with Crippen molar-refractivity contribution in [2.75, 3.05) is 0 Å². The maximum Gasteiger partial charge on any atom is 0.260 e. The summed E-state index contributed by atoms with van der Waals surface area (Å²) in [5.74, 6) is 0.671. The van der Waals surface area contributed by atoms with Gasteiger partial charge in [0.25, 0.3) is 5.95 Å². The van der Waals surface area contributed by atoms with Gasteiger partial charge in [-0.05, 0) is 46.5 Å². The van der Waals surface area contributed by atoms with Crippen molar-refractivity contribution in [2.24, 2.45) is 0 Å². The Labute approximate surface area is 76.7 Å². The Hall–Kier alpha value is -0.443. The van der Waals surface area contributed by atoms with Gasteiger partial charge >= 0.3 is 0 Å². The summed E-state index contributed by atoms with van der Waals surface area (Å²) in [5.41, 5.74) is 0. The van der Waals surface area contributed by atoms with Crippen LogP contribution < -0.4 is 0 Å². The molecule has 2 nitrogen and oxygen atoms in total. The lowest BCUT2D eigenvalue weighted by Crippen LogP contribution is -2.26. The topological polar surface area (TPSA) is 18.5 Å². The third-order valence-corrected chi connectivity index (χ3v) is 1.81. The second kappa shape index (κ2) is 4.55. The van der Waals surface area contributed by atoms with Gasteiger partial charge in [0.05, 0.1) is 6.10 Å². The molecule has 0 spiro atoms. The molecule has 0 rings (SSSR count). The summed E-state index contributed by atoms with van der Waals surface area (Å²) in [6, 6.07) is 0. The zero-order chi connectivity index (χ0) is 9.78. The van der Waals surface area contributed by atoms with Crippen LogP contribution in [0.1, 0.15) is 20.8 Å². The fourth-order valence-corrected chi connectivity index (χ4v) is 1.45. The average molecular weight is 188 g/mol. The number of hydrogen-bond acceptors (Lipinski definition) is 2. The Balaban J connectivity index is 4.03. The molecule has 0 amide bonds. The van der Waals surface area contributed by atoms with Crippen molar-refractivity contribution in [1.29, 1.82) is 0 Å². The van der Waals surface area contributed by atoms with Crippen molar-refractivity contribution < 1.29 is 9.16 Å². The van der Waals surface area contributed by atoms with E-state index >= 15 is 0 Å². The van der Waals surface area contributed by atoms with E-state index in [-0.39, 0.29) is 6.10 Å². The van der Waals surface area contributed by atoms with Gasteiger partial charge in [0.1, 0.15) is 0 Å². The molecule has 3 heteroatoms. The molecule has 0 fully saturated rings. The van der Waals surface area contributed by atoms with Gasteiger partial charge in [0.15, 0.2) is 0 Å². The molecule has 0 aliphatic rings. The molecule has 0 aromatic carbocycles. The van der Waals surface area contributed by atoms with E-state index in [1.165, 1.54) is 0 Å². The summed E-state index contributed by atoms with van der Waals surface area (Å²) in [6.45, 7) is 12.3. The number of hydrogen-bond donors (Lipinski definition) is 0. The number of allylic oxidation sites excluding steroid dienone is 1. The second-order valence-corrected chi connectivity index (χ2v) is 8.42. The van der Waals surface area contributed by atoms with Crippen LogP contribution in [0.5, 0.6) is 0 Å². The van der Waals surface area contributed by atoms with Crippen LogP contribution in [0.2, 0.25) is 19.6 Å². The van der Waals surface area contributed by atoms with Gasteiger partial charge < -0.3 is 9.16 Å². The van der Waals surface area contributed by atoms with Crippen LogP contribution in [-0.4, -0.2) is 14.4 Å². The Morgan fingerprint density at radius 2 is 1.75 bits per heavy atom. The summed E-state index contributed by atoms with van der Waals surface area (Å²) in [5, 5.41) is 0. The van der Waals surface area contributed by atoms with Gasteiger partial charge in [-0.25, -0.2) is 0 Å². The van der Waals surface area contributed by atoms with E-state index in [1.54, 1.807) is 0 Å². The molecule has 0 heterocycles. The van der Waals surface area contributed by atoms with Gasteiger partial charge in [-0.2, -0.15) is 0 Å². The molecule has 0 saturated heterocycles. The van der Waals surface area contributed by atoms with Crippen LogP contribution >= 0.6 is 0 Å². The lowest BCUT2D eigenvalue weighted by Gasteiger charge is -2.22. The van der Waals surface area contributed by atoms with Crippen LogP contribution in [0, 0.1) is 0 Å². The molecule has 0 atom stereocenters. The Kier molecular flexibility index (Phi) is 4.38. The minimum Gasteiger partial charge on any atom is -0.520 e. The molecule has 0 aliphatic heterocycles. The predicted octanol–water partition coefficient (Wildman–Crippen LogP) is 3.12. The third-order valence-electron chi connectivity index (χ3n) is 0.994. The molecule has 0 aromatic rings. The summed E-state index contributed by atoms with van der Waals surface area (Å²) in [7, 11) is -1.50. The maximum absolute atomic E-state index is 5.68. The van der Waals surface area contributed by atoms with Crippen molar-refractivity contribution >= 4 is 8.32 Å². The highest BCUT2D eigenvalue weighted by atomic mass is 28.4. The van der Waals surface area contributed by atoms with Crippen molar-refractivity contribution in [3.05, 3.63) is 12.0 Å². The van der Waals surface area contributed by atoms with Crippen molar-refractivity contribution in [1.82, 2.24) is 0 Å². The zero-order valence-electron chi connectivity index (χ0n) is 8.97. The number of rotatable bonds is 4. The van der Waals surface area contributed by atoms with E-state index in [4.69, 9.17) is 9.16 Å². The van der Waals surface area contributed by atoms with Crippen molar-refractivity contribution in [3.63, 3.8) is 0 Å². The zero-order valence-corrected chi connectivity index (χ0v) is 9.97. The molecule has 0 bridgehead atoms. The first-order valence-electron chi connectivity index (χ1n) is 4.37. The van der Waals surface area contributed by atoms with Crippen LogP contribution in [0.15, 0.2) is 12.0 Å². The molecule has 0 N–H and O–H groups in total. The van der Waals surface area contributed by atoms with Gasteiger partial charge in [0.2, 0.25) is 8.32 Å². The molecule has 0 aromatic heterocycles. The van der Waals surface area contributed by atoms with Gasteiger partial charge in [0, 0.05) is 0 Å². The fraction of sp³-hybridized carbons (Fsp3) is 0.778. The Bertz CT molecular complexity index is 156. The van der Waals surface area contributed by atoms with Gasteiger partial charge in [-0.15, -0.1) is 0 Å². The van der Waals surface area contributed by atoms with Gasteiger partial charge in [-0.3, -0.25) is 0 Å². The lowest BCUT2D eigenvalue weighted by atomic mass is 10.5. The standard InChI is InChI=1S/C9H20O2Si/c1-7-9(10-8(2)3)11-12(4,5)6/h7-8H,1-6H3. The van der Waals surface area contributed by atoms with Crippen molar-refractivity contribution in [3.8, 4) is 0 Å². The maximum atomic E-state index is 5.68. The third kappa shape index (κ3) is 6.28. The molecule has 0 radical (unpaired) electrons. The Morgan fingerprint density at radius 1 is 1.25 bits per heavy atom. The van der Waals surface area contributed by atoms with Crippen LogP contribution in [0.3, 0.4) is 0 Å². The second-order valence-electron chi connectivity index (χ2n) is 3.99. The molecular formula is C9H20O2Si. The van der Waals surface area contributed by atoms with Crippen molar-refractivity contribution in [2.45, 2.75) is 46.5 Å². The van der Waals surface area contributed by atoms with Crippen LogP contribution in [0.25, 0.3) is 0 Å². The highest BCUT2D eigenvalue weighted by molar-refractivity contribution is 6.69. The highest BCUT2D eigenvalue weighted by Gasteiger charge is 2.18. The summed E-state index contributed by atoms with van der Waals surface area (Å²) in [4.78, 5) is 0. The summed E-state index contributed by atoms with van der Waals surface area (Å²) >= 11 is 0. The first-order chi connectivity index (χ1) is 5.35. The fourth-order valence-electron chi connectivity index (χ4n) is 0.685.